The maximum Gasteiger partial charge on any atom is 0.418 e. The third kappa shape index (κ3) is 5.40. The lowest BCUT2D eigenvalue weighted by atomic mass is 9.96. The number of aryl methyl sites for hydroxylation is 1. The second-order valence-electron chi connectivity index (χ2n) is 9.24. The molecule has 1 saturated carbocycles. The molecular formula is C27H22F3N7O2. The number of nitrogens with two attached hydrogens (primary N) is 1. The van der Waals surface area contributed by atoms with E-state index in [1.807, 2.05) is 31.2 Å². The van der Waals surface area contributed by atoms with Gasteiger partial charge in [-0.05, 0) is 78.9 Å². The van der Waals surface area contributed by atoms with E-state index in [1.54, 1.807) is 30.6 Å². The maximum atomic E-state index is 12.9. The maximum absolute atomic E-state index is 12.9. The summed E-state index contributed by atoms with van der Waals surface area (Å²) < 4.78 is 38.8. The molecule has 0 saturated heterocycles. The summed E-state index contributed by atoms with van der Waals surface area (Å²) in [6.45, 7) is 1.91. The van der Waals surface area contributed by atoms with Gasteiger partial charge in [0.2, 0.25) is 5.91 Å². The van der Waals surface area contributed by atoms with Gasteiger partial charge in [-0.2, -0.15) is 18.3 Å². The van der Waals surface area contributed by atoms with Gasteiger partial charge in [0.15, 0.2) is 5.82 Å². The predicted octanol–water partition coefficient (Wildman–Crippen LogP) is 5.09. The molecule has 3 heterocycles. The van der Waals surface area contributed by atoms with Crippen LogP contribution in [0.1, 0.15) is 29.7 Å². The Labute approximate surface area is 220 Å². The van der Waals surface area contributed by atoms with Crippen LogP contribution in [0.15, 0.2) is 67.1 Å². The Balaban J connectivity index is 1.37. The van der Waals surface area contributed by atoms with Crippen LogP contribution < -0.4 is 16.4 Å². The number of primary amides is 1. The molecule has 0 atom stereocenters. The number of carbonyl (C=O) groups is 2. The van der Waals surface area contributed by atoms with Crippen LogP contribution in [-0.4, -0.2) is 32.1 Å². The summed E-state index contributed by atoms with van der Waals surface area (Å²) >= 11 is 0. The van der Waals surface area contributed by atoms with E-state index in [0.717, 1.165) is 22.3 Å². The monoisotopic (exact) mass is 533 g/mol. The average molecular weight is 534 g/mol. The Morgan fingerprint density at radius 1 is 0.949 bits per heavy atom. The van der Waals surface area contributed by atoms with Gasteiger partial charge in [-0.15, -0.1) is 5.10 Å². The lowest BCUT2D eigenvalue weighted by molar-refractivity contribution is -0.137. The van der Waals surface area contributed by atoms with Crippen molar-refractivity contribution in [3.05, 3.63) is 83.9 Å². The van der Waals surface area contributed by atoms with Crippen molar-refractivity contribution in [2.45, 2.75) is 31.4 Å². The third-order valence-electron chi connectivity index (χ3n) is 6.56. The van der Waals surface area contributed by atoms with E-state index in [2.05, 4.69) is 30.8 Å². The second kappa shape index (κ2) is 9.78. The van der Waals surface area contributed by atoms with Gasteiger partial charge >= 0.3 is 12.2 Å². The van der Waals surface area contributed by atoms with Gasteiger partial charge in [-0.3, -0.25) is 20.1 Å². The van der Waals surface area contributed by atoms with E-state index >= 15 is 0 Å². The van der Waals surface area contributed by atoms with Crippen molar-refractivity contribution in [2.24, 2.45) is 5.73 Å². The first-order valence-corrected chi connectivity index (χ1v) is 11.9. The lowest BCUT2D eigenvalue weighted by Gasteiger charge is -2.13. The van der Waals surface area contributed by atoms with Crippen LogP contribution in [0.2, 0.25) is 0 Å². The first-order chi connectivity index (χ1) is 18.5. The van der Waals surface area contributed by atoms with E-state index in [-0.39, 0.29) is 5.82 Å². The van der Waals surface area contributed by atoms with Crippen LogP contribution in [0.4, 0.5) is 29.5 Å². The van der Waals surface area contributed by atoms with Crippen LogP contribution in [0.5, 0.6) is 0 Å². The van der Waals surface area contributed by atoms with Crippen molar-refractivity contribution >= 4 is 23.4 Å². The summed E-state index contributed by atoms with van der Waals surface area (Å²) in [6, 6.07) is 12.5. The Morgan fingerprint density at radius 2 is 1.69 bits per heavy atom. The van der Waals surface area contributed by atoms with Crippen molar-refractivity contribution in [1.29, 1.82) is 0 Å². The normalized spacial score (nSPS) is 13.9. The van der Waals surface area contributed by atoms with E-state index < -0.39 is 29.1 Å². The highest BCUT2D eigenvalue weighted by Crippen LogP contribution is 2.47. The van der Waals surface area contributed by atoms with Gasteiger partial charge in [0.1, 0.15) is 0 Å². The average Bonchev–Trinajstić information content (AvgIpc) is 3.72. The summed E-state index contributed by atoms with van der Waals surface area (Å²) in [7, 11) is 0. The molecule has 12 heteroatoms. The number of nitrogens with one attached hydrogen (secondary N) is 2. The minimum Gasteiger partial charge on any atom is -0.369 e. The summed E-state index contributed by atoms with van der Waals surface area (Å²) in [5.74, 6) is -0.729. The molecule has 198 valence electrons. The molecule has 5 rings (SSSR count). The molecule has 39 heavy (non-hydrogen) atoms. The number of rotatable bonds is 6. The Kier molecular flexibility index (Phi) is 6.46. The SMILES string of the molecule is Cc1ccc(NC(=O)Nc2cc(C(F)(F)F)cnn2)cc1-c1ccnc(-c2ccnc(C3(C(N)=O)CC3)c2)c1. The molecule has 0 radical (unpaired) electrons. The van der Waals surface area contributed by atoms with E-state index in [1.165, 1.54) is 0 Å². The Bertz CT molecular complexity index is 1590. The molecule has 3 amide bonds. The fourth-order valence-electron chi connectivity index (χ4n) is 4.23. The highest BCUT2D eigenvalue weighted by Gasteiger charge is 2.51. The fourth-order valence-corrected chi connectivity index (χ4v) is 4.23. The van der Waals surface area contributed by atoms with Crippen molar-refractivity contribution < 1.29 is 22.8 Å². The van der Waals surface area contributed by atoms with Crippen molar-refractivity contribution in [1.82, 2.24) is 20.2 Å². The van der Waals surface area contributed by atoms with Gasteiger partial charge < -0.3 is 11.1 Å². The smallest absolute Gasteiger partial charge is 0.369 e. The lowest BCUT2D eigenvalue weighted by Crippen LogP contribution is -2.29. The van der Waals surface area contributed by atoms with Crippen LogP contribution >= 0.6 is 0 Å². The largest absolute Gasteiger partial charge is 0.418 e. The number of alkyl halides is 3. The zero-order valence-electron chi connectivity index (χ0n) is 20.6. The highest BCUT2D eigenvalue weighted by molar-refractivity contribution is 5.99. The molecule has 0 spiro atoms. The first kappa shape index (κ1) is 25.8. The zero-order chi connectivity index (χ0) is 27.8. The second-order valence-corrected chi connectivity index (χ2v) is 9.24. The van der Waals surface area contributed by atoms with Crippen LogP contribution in [0, 0.1) is 6.92 Å². The quantitative estimate of drug-likeness (QED) is 0.316. The van der Waals surface area contributed by atoms with Crippen LogP contribution in [0.3, 0.4) is 0 Å². The van der Waals surface area contributed by atoms with Crippen LogP contribution in [0.25, 0.3) is 22.4 Å². The van der Waals surface area contributed by atoms with E-state index in [4.69, 9.17) is 5.73 Å². The number of carbonyl (C=O) groups excluding carboxylic acids is 2. The number of urea groups is 1. The fraction of sp³-hybridized carbons (Fsp3) is 0.185. The highest BCUT2D eigenvalue weighted by atomic mass is 19.4. The molecule has 1 fully saturated rings. The van der Waals surface area contributed by atoms with Gasteiger partial charge in [-0.25, -0.2) is 4.79 Å². The summed E-state index contributed by atoms with van der Waals surface area (Å²) in [6.07, 6.45) is 0.581. The van der Waals surface area contributed by atoms with Crippen molar-refractivity contribution in [3.8, 4) is 22.4 Å². The number of benzene rings is 1. The molecule has 9 nitrogen and oxygen atoms in total. The number of pyridine rings is 2. The van der Waals surface area contributed by atoms with Gasteiger partial charge in [0.05, 0.1) is 28.6 Å². The Morgan fingerprint density at radius 3 is 2.41 bits per heavy atom. The predicted molar refractivity (Wildman–Crippen MR) is 137 cm³/mol. The molecule has 4 N–H and O–H groups in total. The van der Waals surface area contributed by atoms with Crippen molar-refractivity contribution in [2.75, 3.05) is 10.6 Å². The van der Waals surface area contributed by atoms with Crippen molar-refractivity contribution in [3.63, 3.8) is 0 Å². The summed E-state index contributed by atoms with van der Waals surface area (Å²) in [5.41, 5.74) is 8.88. The number of amides is 3. The molecule has 4 aromatic rings. The van der Waals surface area contributed by atoms with E-state index in [0.29, 0.717) is 42.2 Å². The minimum atomic E-state index is -4.61. The van der Waals surface area contributed by atoms with Gasteiger partial charge in [0, 0.05) is 23.6 Å². The van der Waals surface area contributed by atoms with Gasteiger partial charge in [-0.1, -0.05) is 6.07 Å². The third-order valence-corrected chi connectivity index (χ3v) is 6.56. The summed E-state index contributed by atoms with van der Waals surface area (Å²) in [4.78, 5) is 33.3. The molecular weight excluding hydrogens is 511 g/mol. The molecule has 3 aromatic heterocycles. The van der Waals surface area contributed by atoms with E-state index in [9.17, 15) is 22.8 Å². The number of hydrogen-bond acceptors (Lipinski definition) is 6. The molecule has 1 aromatic carbocycles. The molecule has 1 aliphatic carbocycles. The van der Waals surface area contributed by atoms with Crippen LogP contribution in [-0.2, 0) is 16.4 Å². The first-order valence-electron chi connectivity index (χ1n) is 11.9. The number of hydrogen-bond donors (Lipinski definition) is 3. The standard InChI is InChI=1S/C27H22F3N7O2/c1-15-2-3-19(35-25(39)36-23-12-18(14-34-37-23)27(28,29)30)13-20(15)16-4-8-32-21(10-16)17-5-9-33-22(11-17)26(6-7-26)24(31)38/h2-5,8-14H,6-7H2,1H3,(H2,31,38)(H2,35,36,37,39). The minimum absolute atomic E-state index is 0.338. The molecule has 0 aliphatic heterocycles. The number of halogens is 3. The zero-order valence-corrected chi connectivity index (χ0v) is 20.6. The number of anilines is 2. The number of aromatic nitrogens is 4. The van der Waals surface area contributed by atoms with Gasteiger partial charge in [0.25, 0.3) is 0 Å². The Hall–Kier alpha value is -4.87. The molecule has 1 aliphatic rings. The molecule has 0 bridgehead atoms. The number of nitrogens with zero attached hydrogens (tertiary/aromatic N) is 4. The molecule has 0 unspecified atom stereocenters. The topological polar surface area (TPSA) is 136 Å². The summed E-state index contributed by atoms with van der Waals surface area (Å²) in [5, 5.41) is 11.7.